The topological polar surface area (TPSA) is 37.8 Å². The first-order chi connectivity index (χ1) is 10.2. The van der Waals surface area contributed by atoms with Gasteiger partial charge in [0, 0.05) is 40.9 Å². The van der Waals surface area contributed by atoms with Crippen molar-refractivity contribution in [1.82, 2.24) is 15.3 Å². The Labute approximate surface area is 136 Å². The van der Waals surface area contributed by atoms with E-state index in [0.29, 0.717) is 0 Å². The second-order valence-corrected chi connectivity index (χ2v) is 6.81. The molecule has 1 N–H and O–H groups in total. The Morgan fingerprint density at radius 1 is 1.29 bits per heavy atom. The molecule has 0 aliphatic heterocycles. The normalized spacial score (nSPS) is 11.1. The van der Waals surface area contributed by atoms with E-state index in [1.165, 1.54) is 11.3 Å². The summed E-state index contributed by atoms with van der Waals surface area (Å²) in [6.07, 6.45) is 2.81. The van der Waals surface area contributed by atoms with Crippen LogP contribution in [0.4, 0.5) is 0 Å². The van der Waals surface area contributed by atoms with Crippen molar-refractivity contribution in [2.24, 2.45) is 0 Å². The molecule has 3 aromatic rings. The largest absolute Gasteiger partial charge is 0.312 e. The van der Waals surface area contributed by atoms with E-state index in [-0.39, 0.29) is 0 Å². The molecular formula is C16H16BrN3S. The van der Waals surface area contributed by atoms with E-state index in [0.717, 1.165) is 39.9 Å². The molecule has 0 radical (unpaired) electrons. The van der Waals surface area contributed by atoms with Crippen LogP contribution in [0.3, 0.4) is 0 Å². The zero-order valence-electron chi connectivity index (χ0n) is 11.8. The Kier molecular flexibility index (Phi) is 4.63. The molecule has 0 spiro atoms. The highest BCUT2D eigenvalue weighted by molar-refractivity contribution is 9.10. The van der Waals surface area contributed by atoms with Gasteiger partial charge in [0.2, 0.25) is 0 Å². The van der Waals surface area contributed by atoms with Crippen LogP contribution in [0.2, 0.25) is 0 Å². The molecule has 0 amide bonds. The SMILES string of the molecule is Cc1nc(CCNCc2ccc(Br)c3cccnc23)cs1. The van der Waals surface area contributed by atoms with Crippen molar-refractivity contribution in [2.75, 3.05) is 6.54 Å². The molecule has 3 rings (SSSR count). The molecule has 21 heavy (non-hydrogen) atoms. The van der Waals surface area contributed by atoms with E-state index in [9.17, 15) is 0 Å². The van der Waals surface area contributed by atoms with Crippen LogP contribution in [0.25, 0.3) is 10.9 Å². The first-order valence-corrected chi connectivity index (χ1v) is 8.55. The lowest BCUT2D eigenvalue weighted by Gasteiger charge is -2.08. The van der Waals surface area contributed by atoms with Crippen LogP contribution in [0.15, 0.2) is 40.3 Å². The Morgan fingerprint density at radius 3 is 3.00 bits per heavy atom. The molecule has 2 aromatic heterocycles. The Morgan fingerprint density at radius 2 is 2.19 bits per heavy atom. The summed E-state index contributed by atoms with van der Waals surface area (Å²) in [5.41, 5.74) is 3.45. The summed E-state index contributed by atoms with van der Waals surface area (Å²) in [6, 6.07) is 8.27. The third-order valence-corrected chi connectivity index (χ3v) is 4.85. The lowest BCUT2D eigenvalue weighted by molar-refractivity contribution is 0.683. The lowest BCUT2D eigenvalue weighted by atomic mass is 10.1. The number of halogens is 1. The molecule has 1 aromatic carbocycles. The summed E-state index contributed by atoms with van der Waals surface area (Å²) in [4.78, 5) is 8.98. The van der Waals surface area contributed by atoms with E-state index in [2.05, 4.69) is 54.8 Å². The van der Waals surface area contributed by atoms with Crippen LogP contribution >= 0.6 is 27.3 Å². The van der Waals surface area contributed by atoms with Gasteiger partial charge in [-0.25, -0.2) is 4.98 Å². The fourth-order valence-electron chi connectivity index (χ4n) is 2.30. The Balaban J connectivity index is 1.64. The number of thiazole rings is 1. The van der Waals surface area contributed by atoms with E-state index >= 15 is 0 Å². The molecule has 0 saturated heterocycles. The number of aryl methyl sites for hydroxylation is 1. The second kappa shape index (κ2) is 6.64. The molecular weight excluding hydrogens is 346 g/mol. The molecule has 3 nitrogen and oxygen atoms in total. The zero-order chi connectivity index (χ0) is 14.7. The molecule has 0 fully saturated rings. The number of aromatic nitrogens is 2. The van der Waals surface area contributed by atoms with Gasteiger partial charge >= 0.3 is 0 Å². The average Bonchev–Trinajstić information content (AvgIpc) is 2.91. The number of rotatable bonds is 5. The number of fused-ring (bicyclic) bond motifs is 1. The van der Waals surface area contributed by atoms with Gasteiger partial charge in [0.05, 0.1) is 16.2 Å². The predicted molar refractivity (Wildman–Crippen MR) is 91.7 cm³/mol. The second-order valence-electron chi connectivity index (χ2n) is 4.89. The van der Waals surface area contributed by atoms with Gasteiger partial charge in [0.25, 0.3) is 0 Å². The number of hydrogen-bond donors (Lipinski definition) is 1. The van der Waals surface area contributed by atoms with E-state index in [4.69, 9.17) is 0 Å². The molecule has 0 saturated carbocycles. The molecule has 5 heteroatoms. The molecule has 0 bridgehead atoms. The summed E-state index contributed by atoms with van der Waals surface area (Å²) in [6.45, 7) is 3.79. The van der Waals surface area contributed by atoms with Gasteiger partial charge < -0.3 is 5.32 Å². The summed E-state index contributed by atoms with van der Waals surface area (Å²) >= 11 is 5.29. The number of benzene rings is 1. The number of nitrogens with one attached hydrogen (secondary N) is 1. The van der Waals surface area contributed by atoms with Crippen molar-refractivity contribution in [2.45, 2.75) is 19.9 Å². The molecule has 108 valence electrons. The van der Waals surface area contributed by atoms with Gasteiger partial charge in [0.15, 0.2) is 0 Å². The van der Waals surface area contributed by atoms with Crippen LogP contribution in [-0.4, -0.2) is 16.5 Å². The smallest absolute Gasteiger partial charge is 0.0897 e. The fraction of sp³-hybridized carbons (Fsp3) is 0.250. The van der Waals surface area contributed by atoms with Gasteiger partial charge in [-0.2, -0.15) is 0 Å². The van der Waals surface area contributed by atoms with Crippen molar-refractivity contribution < 1.29 is 0 Å². The van der Waals surface area contributed by atoms with E-state index < -0.39 is 0 Å². The van der Waals surface area contributed by atoms with Crippen LogP contribution in [-0.2, 0) is 13.0 Å². The molecule has 0 aliphatic rings. The van der Waals surface area contributed by atoms with Crippen LogP contribution < -0.4 is 5.32 Å². The highest BCUT2D eigenvalue weighted by Crippen LogP contribution is 2.25. The quantitative estimate of drug-likeness (QED) is 0.695. The van der Waals surface area contributed by atoms with Crippen LogP contribution in [0.1, 0.15) is 16.3 Å². The van der Waals surface area contributed by atoms with Gasteiger partial charge in [-0.1, -0.05) is 28.1 Å². The maximum atomic E-state index is 4.50. The van der Waals surface area contributed by atoms with Gasteiger partial charge in [-0.3, -0.25) is 4.98 Å². The number of pyridine rings is 1. The summed E-state index contributed by atoms with van der Waals surface area (Å²) < 4.78 is 1.09. The zero-order valence-corrected chi connectivity index (χ0v) is 14.2. The maximum absolute atomic E-state index is 4.50. The third kappa shape index (κ3) is 3.48. The average molecular weight is 362 g/mol. The molecule has 0 unspecified atom stereocenters. The Hall–Kier alpha value is -1.30. The standard InChI is InChI=1S/C16H16BrN3S/c1-11-20-13(10-21-11)6-8-18-9-12-4-5-15(17)14-3-2-7-19-16(12)14/h2-5,7,10,18H,6,8-9H2,1H3. The molecule has 2 heterocycles. The first kappa shape index (κ1) is 14.6. The van der Waals surface area contributed by atoms with Gasteiger partial charge in [-0.05, 0) is 24.6 Å². The Bertz CT molecular complexity index is 754. The highest BCUT2D eigenvalue weighted by atomic mass is 79.9. The van der Waals surface area contributed by atoms with E-state index in [1.807, 2.05) is 19.2 Å². The fourth-order valence-corrected chi connectivity index (χ4v) is 3.40. The minimum atomic E-state index is 0.823. The number of nitrogens with zero attached hydrogens (tertiary/aromatic N) is 2. The first-order valence-electron chi connectivity index (χ1n) is 6.88. The summed E-state index contributed by atoms with van der Waals surface area (Å²) in [5.74, 6) is 0. The van der Waals surface area contributed by atoms with Crippen LogP contribution in [0, 0.1) is 6.92 Å². The van der Waals surface area contributed by atoms with E-state index in [1.54, 1.807) is 11.3 Å². The lowest BCUT2D eigenvalue weighted by Crippen LogP contribution is -2.17. The summed E-state index contributed by atoms with van der Waals surface area (Å²) in [7, 11) is 0. The van der Waals surface area contributed by atoms with Crippen molar-refractivity contribution >= 4 is 38.2 Å². The minimum absolute atomic E-state index is 0.823. The highest BCUT2D eigenvalue weighted by Gasteiger charge is 2.05. The summed E-state index contributed by atoms with van der Waals surface area (Å²) in [5, 5.41) is 7.90. The minimum Gasteiger partial charge on any atom is -0.312 e. The van der Waals surface area contributed by atoms with Crippen molar-refractivity contribution in [3.05, 3.63) is 56.6 Å². The molecule has 0 atom stereocenters. The van der Waals surface area contributed by atoms with Crippen molar-refractivity contribution in [3.63, 3.8) is 0 Å². The van der Waals surface area contributed by atoms with Crippen molar-refractivity contribution in [3.8, 4) is 0 Å². The van der Waals surface area contributed by atoms with Gasteiger partial charge in [0.1, 0.15) is 0 Å². The van der Waals surface area contributed by atoms with Gasteiger partial charge in [-0.15, -0.1) is 11.3 Å². The maximum Gasteiger partial charge on any atom is 0.0897 e. The monoisotopic (exact) mass is 361 g/mol. The van der Waals surface area contributed by atoms with Crippen LogP contribution in [0.5, 0.6) is 0 Å². The predicted octanol–water partition coefficient (Wildman–Crippen LogP) is 4.09. The third-order valence-electron chi connectivity index (χ3n) is 3.34. The number of hydrogen-bond acceptors (Lipinski definition) is 4. The van der Waals surface area contributed by atoms with Crippen molar-refractivity contribution in [1.29, 1.82) is 0 Å². The molecule has 0 aliphatic carbocycles.